The van der Waals surface area contributed by atoms with E-state index in [1.54, 1.807) is 0 Å². The molecule has 30 heavy (non-hydrogen) atoms. The summed E-state index contributed by atoms with van der Waals surface area (Å²) in [7, 11) is 3.87. The summed E-state index contributed by atoms with van der Waals surface area (Å²) in [6.07, 6.45) is 8.87. The van der Waals surface area contributed by atoms with E-state index in [0.717, 1.165) is 46.0 Å². The maximum atomic E-state index is 5.88. The van der Waals surface area contributed by atoms with Crippen molar-refractivity contribution in [2.24, 2.45) is 10.8 Å². The van der Waals surface area contributed by atoms with Gasteiger partial charge < -0.3 is 16.4 Å². The molecule has 0 spiro atoms. The van der Waals surface area contributed by atoms with E-state index in [1.165, 1.54) is 0 Å². The van der Waals surface area contributed by atoms with Crippen molar-refractivity contribution in [3.63, 3.8) is 0 Å². The minimum Gasteiger partial charge on any atom is -0.388 e. The molecule has 0 radical (unpaired) electrons. The topological polar surface area (TPSA) is 65.5 Å². The molecule has 0 saturated carbocycles. The maximum absolute atomic E-state index is 5.88. The van der Waals surface area contributed by atoms with Crippen molar-refractivity contribution < 1.29 is 4.70 Å². The number of hydrogen-bond donors (Lipinski definition) is 3. The maximum Gasteiger partial charge on any atom is 0.231 e. The van der Waals surface area contributed by atoms with Gasteiger partial charge in [-0.25, -0.2) is 0 Å². The Balaban J connectivity index is 1.81. The molecule has 0 saturated heterocycles. The average molecular weight is 401 g/mol. The van der Waals surface area contributed by atoms with Crippen LogP contribution in [-0.2, 0) is 0 Å². The zero-order valence-electron chi connectivity index (χ0n) is 17.9. The number of para-hydroxylation sites is 1. The number of nitrogens with one attached hydrogen (secondary N) is 2. The first-order valence-electron chi connectivity index (χ1n) is 10.1. The van der Waals surface area contributed by atoms with Gasteiger partial charge in [0.05, 0.1) is 0 Å². The normalized spacial score (nSPS) is 17.1. The molecule has 1 unspecified atom stereocenters. The molecule has 1 aliphatic rings. The van der Waals surface area contributed by atoms with Gasteiger partial charge in [-0.1, -0.05) is 47.7 Å². The highest BCUT2D eigenvalue weighted by atomic mass is 15.3. The zero-order chi connectivity index (χ0) is 21.5. The Hall–Kier alpha value is -3.44. The predicted octanol–water partition coefficient (Wildman–Crippen LogP) is 5.65. The highest BCUT2D eigenvalue weighted by molar-refractivity contribution is 5.83. The Morgan fingerprint density at radius 2 is 1.93 bits per heavy atom. The lowest BCUT2D eigenvalue weighted by Crippen LogP contribution is -2.18. The van der Waals surface area contributed by atoms with Crippen LogP contribution in [0.5, 0.6) is 0 Å². The molecule has 0 fully saturated rings. The molecule has 0 aromatic heterocycles. The number of anilines is 2. The van der Waals surface area contributed by atoms with Crippen molar-refractivity contribution in [3.05, 3.63) is 96.4 Å². The third kappa shape index (κ3) is 5.13. The summed E-state index contributed by atoms with van der Waals surface area (Å²) in [5.74, 6) is 0. The van der Waals surface area contributed by atoms with Crippen LogP contribution in [0, 0.1) is 0 Å². The third-order valence-corrected chi connectivity index (χ3v) is 5.04. The molecule has 154 valence electrons. The van der Waals surface area contributed by atoms with E-state index in [2.05, 4.69) is 29.4 Å². The molecule has 0 heterocycles. The van der Waals surface area contributed by atoms with E-state index in [4.69, 9.17) is 10.8 Å². The SMILES string of the molecule is C=C/C(=C(/C)N=[N+](C)c1ccc(NC2=CCC(N)C=C2)cc1)c1ccccc1NC. The zero-order valence-corrected chi connectivity index (χ0v) is 17.9. The second-order valence-corrected chi connectivity index (χ2v) is 7.21. The summed E-state index contributed by atoms with van der Waals surface area (Å²) in [6.45, 7) is 6.00. The summed E-state index contributed by atoms with van der Waals surface area (Å²) < 4.78 is 1.88. The van der Waals surface area contributed by atoms with Crippen LogP contribution in [0.25, 0.3) is 5.57 Å². The number of allylic oxidation sites excluding steroid dienone is 4. The minimum atomic E-state index is 0.116. The Labute approximate surface area is 179 Å². The quantitative estimate of drug-likeness (QED) is 0.319. The number of nitrogens with two attached hydrogens (primary N) is 1. The number of hydrogen-bond acceptors (Lipinski definition) is 4. The fraction of sp³-hybridized carbons (Fsp3) is 0.200. The van der Waals surface area contributed by atoms with E-state index in [0.29, 0.717) is 0 Å². The molecule has 0 amide bonds. The smallest absolute Gasteiger partial charge is 0.231 e. The van der Waals surface area contributed by atoms with Crippen LogP contribution in [0.3, 0.4) is 0 Å². The van der Waals surface area contributed by atoms with E-state index >= 15 is 0 Å². The fourth-order valence-corrected chi connectivity index (χ4v) is 3.38. The molecule has 2 aromatic rings. The summed E-state index contributed by atoms with van der Waals surface area (Å²) in [6, 6.07) is 16.5. The average Bonchev–Trinajstić information content (AvgIpc) is 2.76. The Morgan fingerprint density at radius 1 is 1.20 bits per heavy atom. The van der Waals surface area contributed by atoms with Gasteiger partial charge in [0.2, 0.25) is 5.69 Å². The van der Waals surface area contributed by atoms with Gasteiger partial charge in [0.25, 0.3) is 0 Å². The lowest BCUT2D eigenvalue weighted by molar-refractivity contribution is -0.478. The molecule has 2 aromatic carbocycles. The van der Waals surface area contributed by atoms with Crippen LogP contribution in [0.15, 0.2) is 95.9 Å². The van der Waals surface area contributed by atoms with Crippen LogP contribution < -0.4 is 16.4 Å². The molecule has 0 aliphatic heterocycles. The molecule has 3 rings (SSSR count). The van der Waals surface area contributed by atoms with Crippen molar-refractivity contribution in [2.45, 2.75) is 19.4 Å². The fourth-order valence-electron chi connectivity index (χ4n) is 3.38. The second kappa shape index (κ2) is 9.85. The molecular weight excluding hydrogens is 370 g/mol. The molecule has 5 heteroatoms. The number of rotatable bonds is 7. The van der Waals surface area contributed by atoms with Crippen LogP contribution >= 0.6 is 0 Å². The second-order valence-electron chi connectivity index (χ2n) is 7.21. The lowest BCUT2D eigenvalue weighted by atomic mass is 10.0. The van der Waals surface area contributed by atoms with Gasteiger partial charge in [0.15, 0.2) is 7.05 Å². The molecule has 4 N–H and O–H groups in total. The first-order chi connectivity index (χ1) is 14.5. The van der Waals surface area contributed by atoms with Gasteiger partial charge in [-0.15, -0.1) is 0 Å². The Bertz CT molecular complexity index is 1030. The van der Waals surface area contributed by atoms with Crippen LogP contribution in [0.4, 0.5) is 17.1 Å². The van der Waals surface area contributed by atoms with Crippen molar-refractivity contribution in [2.75, 3.05) is 24.7 Å². The number of azo groups is 2. The Morgan fingerprint density at radius 3 is 2.57 bits per heavy atom. The summed E-state index contributed by atoms with van der Waals surface area (Å²) >= 11 is 0. The molecule has 0 bridgehead atoms. The van der Waals surface area contributed by atoms with Gasteiger partial charge in [0, 0.05) is 53.4 Å². The first-order valence-corrected chi connectivity index (χ1v) is 10.1. The largest absolute Gasteiger partial charge is 0.388 e. The predicted molar refractivity (Wildman–Crippen MR) is 127 cm³/mol. The van der Waals surface area contributed by atoms with E-state index in [-0.39, 0.29) is 6.04 Å². The molecule has 1 atom stereocenters. The lowest BCUT2D eigenvalue weighted by Gasteiger charge is -2.13. The molecular formula is C25H30N5+. The monoisotopic (exact) mass is 400 g/mol. The molecule has 5 nitrogen and oxygen atoms in total. The van der Waals surface area contributed by atoms with Crippen molar-refractivity contribution in [1.82, 2.24) is 0 Å². The van der Waals surface area contributed by atoms with Crippen molar-refractivity contribution in [3.8, 4) is 0 Å². The number of benzene rings is 2. The summed E-state index contributed by atoms with van der Waals surface area (Å²) in [4.78, 5) is 0. The highest BCUT2D eigenvalue weighted by Crippen LogP contribution is 2.28. The van der Waals surface area contributed by atoms with Crippen LogP contribution in [0.2, 0.25) is 0 Å². The van der Waals surface area contributed by atoms with Gasteiger partial charge in [-0.3, -0.25) is 0 Å². The van der Waals surface area contributed by atoms with E-state index in [9.17, 15) is 0 Å². The number of nitrogens with zero attached hydrogens (tertiary/aromatic N) is 2. The van der Waals surface area contributed by atoms with E-state index in [1.807, 2.05) is 86.4 Å². The third-order valence-electron chi connectivity index (χ3n) is 5.04. The highest BCUT2D eigenvalue weighted by Gasteiger charge is 2.12. The van der Waals surface area contributed by atoms with Crippen molar-refractivity contribution >= 4 is 22.6 Å². The Kier molecular flexibility index (Phi) is 6.99. The van der Waals surface area contributed by atoms with Gasteiger partial charge in [-0.05, 0) is 42.7 Å². The first kappa shape index (κ1) is 21.3. The minimum absolute atomic E-state index is 0.116. The van der Waals surface area contributed by atoms with Crippen LogP contribution in [-0.4, -0.2) is 24.8 Å². The standard InChI is InChI=1S/C25H29N5/c1-5-23(24-8-6-7-9-25(24)27-3)18(2)29-30(4)22-16-14-21(15-17-22)28-20-12-10-19(26)11-13-20/h5-10,12-17,19,28H,1,11,26H2,2-4H3/p+1. The summed E-state index contributed by atoms with van der Waals surface area (Å²) in [5.41, 5.74) is 13.0. The van der Waals surface area contributed by atoms with Crippen molar-refractivity contribution in [1.29, 1.82) is 0 Å². The van der Waals surface area contributed by atoms with Gasteiger partial charge in [0.1, 0.15) is 5.70 Å². The van der Waals surface area contributed by atoms with Crippen LogP contribution in [0.1, 0.15) is 18.9 Å². The van der Waals surface area contributed by atoms with Gasteiger partial charge in [-0.2, -0.15) is 0 Å². The van der Waals surface area contributed by atoms with Gasteiger partial charge >= 0.3 is 0 Å². The van der Waals surface area contributed by atoms with E-state index < -0.39 is 0 Å². The summed E-state index contributed by atoms with van der Waals surface area (Å²) in [5, 5.41) is 11.4. The molecule has 1 aliphatic carbocycles.